The predicted molar refractivity (Wildman–Crippen MR) is 110 cm³/mol. The molecule has 0 bridgehead atoms. The normalized spacial score (nSPS) is 10.2. The van der Waals surface area contributed by atoms with Crippen LogP contribution >= 0.6 is 31.9 Å². The maximum absolute atomic E-state index is 12.2. The molecule has 0 spiro atoms. The van der Waals surface area contributed by atoms with E-state index in [4.69, 9.17) is 9.47 Å². The monoisotopic (exact) mass is 498 g/mol. The van der Waals surface area contributed by atoms with Crippen LogP contribution in [0.25, 0.3) is 0 Å². The van der Waals surface area contributed by atoms with E-state index >= 15 is 0 Å². The van der Waals surface area contributed by atoms with Gasteiger partial charge in [0.15, 0.2) is 6.61 Å². The standard InChI is InChI=1S/C19H20Br2N2O4/c1-3-8-26-17-6-4-13(10-15(17)21)19(25)23-22-18(24)11-27-16-7-5-14(20)9-12(16)2/h4-7,9-10H,3,8,11H2,1-2H3,(H,22,24)(H,23,25). The van der Waals surface area contributed by atoms with Crippen LogP contribution in [-0.4, -0.2) is 25.0 Å². The van der Waals surface area contributed by atoms with Crippen molar-refractivity contribution >= 4 is 43.7 Å². The van der Waals surface area contributed by atoms with Gasteiger partial charge in [-0.15, -0.1) is 0 Å². The fraction of sp³-hybridized carbons (Fsp3) is 0.263. The van der Waals surface area contributed by atoms with E-state index in [-0.39, 0.29) is 6.61 Å². The van der Waals surface area contributed by atoms with Crippen molar-refractivity contribution in [3.8, 4) is 11.5 Å². The van der Waals surface area contributed by atoms with Gasteiger partial charge in [0.05, 0.1) is 11.1 Å². The smallest absolute Gasteiger partial charge is 0.276 e. The summed E-state index contributed by atoms with van der Waals surface area (Å²) >= 11 is 6.74. The Balaban J connectivity index is 1.83. The predicted octanol–water partition coefficient (Wildman–Crippen LogP) is 4.15. The lowest BCUT2D eigenvalue weighted by atomic mass is 10.2. The third-order valence-electron chi connectivity index (χ3n) is 3.47. The number of hydrazine groups is 1. The van der Waals surface area contributed by atoms with E-state index in [0.29, 0.717) is 28.1 Å². The fourth-order valence-corrected chi connectivity index (χ4v) is 3.09. The minimum Gasteiger partial charge on any atom is -0.492 e. The molecule has 0 unspecified atom stereocenters. The molecule has 0 aliphatic carbocycles. The van der Waals surface area contributed by atoms with Gasteiger partial charge in [-0.25, -0.2) is 0 Å². The molecular formula is C19H20Br2N2O4. The van der Waals surface area contributed by atoms with Crippen molar-refractivity contribution in [3.05, 3.63) is 56.5 Å². The third kappa shape index (κ3) is 6.55. The van der Waals surface area contributed by atoms with Gasteiger partial charge in [-0.3, -0.25) is 20.4 Å². The van der Waals surface area contributed by atoms with Gasteiger partial charge in [0.1, 0.15) is 11.5 Å². The number of nitrogens with one attached hydrogen (secondary N) is 2. The van der Waals surface area contributed by atoms with Crippen LogP contribution in [0.1, 0.15) is 29.3 Å². The third-order valence-corrected chi connectivity index (χ3v) is 4.58. The highest BCUT2D eigenvalue weighted by atomic mass is 79.9. The van der Waals surface area contributed by atoms with Crippen molar-refractivity contribution < 1.29 is 19.1 Å². The van der Waals surface area contributed by atoms with Crippen molar-refractivity contribution in [2.45, 2.75) is 20.3 Å². The Morgan fingerprint density at radius 2 is 1.74 bits per heavy atom. The Morgan fingerprint density at radius 3 is 2.41 bits per heavy atom. The molecule has 6 nitrogen and oxygen atoms in total. The van der Waals surface area contributed by atoms with Gasteiger partial charge in [0.25, 0.3) is 11.8 Å². The molecule has 0 atom stereocenters. The zero-order chi connectivity index (χ0) is 19.8. The van der Waals surface area contributed by atoms with E-state index in [1.807, 2.05) is 26.0 Å². The maximum atomic E-state index is 12.2. The lowest BCUT2D eigenvalue weighted by Crippen LogP contribution is -2.43. The lowest BCUT2D eigenvalue weighted by Gasteiger charge is -2.11. The molecule has 2 amide bonds. The molecule has 2 N–H and O–H groups in total. The van der Waals surface area contributed by atoms with Crippen molar-refractivity contribution in [2.24, 2.45) is 0 Å². The molecular weight excluding hydrogens is 480 g/mol. The van der Waals surface area contributed by atoms with E-state index < -0.39 is 11.8 Å². The number of carbonyl (C=O) groups excluding carboxylic acids is 2. The van der Waals surface area contributed by atoms with E-state index in [1.54, 1.807) is 24.3 Å². The van der Waals surface area contributed by atoms with E-state index in [9.17, 15) is 9.59 Å². The van der Waals surface area contributed by atoms with Crippen molar-refractivity contribution in [2.75, 3.05) is 13.2 Å². The summed E-state index contributed by atoms with van der Waals surface area (Å²) in [5.41, 5.74) is 5.98. The first-order valence-electron chi connectivity index (χ1n) is 8.31. The highest BCUT2D eigenvalue weighted by Gasteiger charge is 2.11. The van der Waals surface area contributed by atoms with Gasteiger partial charge < -0.3 is 9.47 Å². The van der Waals surface area contributed by atoms with Crippen molar-refractivity contribution in [1.29, 1.82) is 0 Å². The molecule has 0 aliphatic heterocycles. The first-order chi connectivity index (χ1) is 12.9. The van der Waals surface area contributed by atoms with Gasteiger partial charge in [0.2, 0.25) is 0 Å². The van der Waals surface area contributed by atoms with E-state index in [0.717, 1.165) is 16.5 Å². The highest BCUT2D eigenvalue weighted by Crippen LogP contribution is 2.26. The van der Waals surface area contributed by atoms with E-state index in [1.165, 1.54) is 0 Å². The Labute approximate surface area is 174 Å². The lowest BCUT2D eigenvalue weighted by molar-refractivity contribution is -0.123. The molecule has 0 saturated carbocycles. The van der Waals surface area contributed by atoms with Crippen LogP contribution < -0.4 is 20.3 Å². The largest absolute Gasteiger partial charge is 0.492 e. The molecule has 0 heterocycles. The molecule has 0 fully saturated rings. The molecule has 144 valence electrons. The molecule has 2 aromatic carbocycles. The number of benzene rings is 2. The zero-order valence-corrected chi connectivity index (χ0v) is 18.1. The van der Waals surface area contributed by atoms with Crippen LogP contribution in [0.4, 0.5) is 0 Å². The van der Waals surface area contributed by atoms with Gasteiger partial charge in [-0.2, -0.15) is 0 Å². The van der Waals surface area contributed by atoms with Crippen LogP contribution in [0.3, 0.4) is 0 Å². The first-order valence-corrected chi connectivity index (χ1v) is 9.89. The summed E-state index contributed by atoms with van der Waals surface area (Å²) in [6, 6.07) is 10.4. The van der Waals surface area contributed by atoms with Crippen LogP contribution in [0.15, 0.2) is 45.3 Å². The summed E-state index contributed by atoms with van der Waals surface area (Å²) in [7, 11) is 0. The Morgan fingerprint density at radius 1 is 1.00 bits per heavy atom. The van der Waals surface area contributed by atoms with Crippen LogP contribution in [-0.2, 0) is 4.79 Å². The van der Waals surface area contributed by atoms with E-state index in [2.05, 4.69) is 42.7 Å². The summed E-state index contributed by atoms with van der Waals surface area (Å²) < 4.78 is 12.6. The quantitative estimate of drug-likeness (QED) is 0.561. The van der Waals surface area contributed by atoms with Crippen molar-refractivity contribution in [1.82, 2.24) is 10.9 Å². The molecule has 27 heavy (non-hydrogen) atoms. The Hall–Kier alpha value is -2.06. The number of carbonyl (C=O) groups is 2. The van der Waals surface area contributed by atoms with Crippen molar-refractivity contribution in [3.63, 3.8) is 0 Å². The molecule has 2 rings (SSSR count). The summed E-state index contributed by atoms with van der Waals surface area (Å²) in [6.07, 6.45) is 0.891. The van der Waals surface area contributed by atoms with Gasteiger partial charge >= 0.3 is 0 Å². The zero-order valence-electron chi connectivity index (χ0n) is 15.0. The molecule has 0 aromatic heterocycles. The van der Waals surface area contributed by atoms with Gasteiger partial charge in [0, 0.05) is 10.0 Å². The maximum Gasteiger partial charge on any atom is 0.276 e. The summed E-state index contributed by atoms with van der Waals surface area (Å²) in [6.45, 7) is 4.28. The molecule has 2 aromatic rings. The van der Waals surface area contributed by atoms with Gasteiger partial charge in [-0.1, -0.05) is 22.9 Å². The fourth-order valence-electron chi connectivity index (χ4n) is 2.12. The van der Waals surface area contributed by atoms with Crippen LogP contribution in [0.2, 0.25) is 0 Å². The van der Waals surface area contributed by atoms with Crippen LogP contribution in [0, 0.1) is 6.92 Å². The summed E-state index contributed by atoms with van der Waals surface area (Å²) in [5, 5.41) is 0. The summed E-state index contributed by atoms with van der Waals surface area (Å²) in [4.78, 5) is 24.0. The number of amides is 2. The average Bonchev–Trinajstić information content (AvgIpc) is 2.64. The number of aryl methyl sites for hydroxylation is 1. The number of ether oxygens (including phenoxy) is 2. The highest BCUT2D eigenvalue weighted by molar-refractivity contribution is 9.10. The molecule has 0 aliphatic rings. The SMILES string of the molecule is CCCOc1ccc(C(=O)NNC(=O)COc2ccc(Br)cc2C)cc1Br. The second-order valence-electron chi connectivity index (χ2n) is 5.69. The first kappa shape index (κ1) is 21.2. The molecule has 0 saturated heterocycles. The second-order valence-corrected chi connectivity index (χ2v) is 7.46. The number of rotatable bonds is 7. The number of halogens is 2. The number of hydrogen-bond donors (Lipinski definition) is 2. The number of hydrogen-bond acceptors (Lipinski definition) is 4. The molecule has 8 heteroatoms. The summed E-state index contributed by atoms with van der Waals surface area (Å²) in [5.74, 6) is 0.362. The van der Waals surface area contributed by atoms with Gasteiger partial charge in [-0.05, 0) is 71.2 Å². The average molecular weight is 500 g/mol. The minimum absolute atomic E-state index is 0.212. The molecule has 0 radical (unpaired) electrons. The second kappa shape index (κ2) is 10.3. The topological polar surface area (TPSA) is 76.7 Å². The van der Waals surface area contributed by atoms with Crippen LogP contribution in [0.5, 0.6) is 11.5 Å². The Bertz CT molecular complexity index is 827. The minimum atomic E-state index is -0.465. The Kier molecular flexibility index (Phi) is 8.12.